The van der Waals surface area contributed by atoms with Gasteiger partial charge >= 0.3 is 5.97 Å². The zero-order valence-electron chi connectivity index (χ0n) is 10.9. The van der Waals surface area contributed by atoms with E-state index in [9.17, 15) is 4.79 Å². The number of nitrogens with zero attached hydrogens (tertiary/aromatic N) is 1. The Hall–Kier alpha value is -2.36. The number of benzene rings is 1. The Labute approximate surface area is 112 Å². The summed E-state index contributed by atoms with van der Waals surface area (Å²) in [6.45, 7) is 4.19. The summed E-state index contributed by atoms with van der Waals surface area (Å²) in [7, 11) is 0. The van der Waals surface area contributed by atoms with Crippen molar-refractivity contribution >= 4 is 17.5 Å². The quantitative estimate of drug-likeness (QED) is 0.876. The van der Waals surface area contributed by atoms with Gasteiger partial charge < -0.3 is 10.4 Å². The maximum Gasteiger partial charge on any atom is 0.339 e. The molecule has 2 N–H and O–H groups in total. The Bertz CT molecular complexity index is 594. The SMILES string of the molecule is CC(C)c1ccccc1Nc1ncccc1C(=O)O. The lowest BCUT2D eigenvalue weighted by molar-refractivity contribution is 0.0697. The summed E-state index contributed by atoms with van der Waals surface area (Å²) in [5.41, 5.74) is 2.18. The fraction of sp³-hybridized carbons (Fsp3) is 0.200. The van der Waals surface area contributed by atoms with Crippen LogP contribution in [0.3, 0.4) is 0 Å². The van der Waals surface area contributed by atoms with E-state index in [0.717, 1.165) is 11.3 Å². The fourth-order valence-electron chi connectivity index (χ4n) is 1.92. The molecule has 0 saturated heterocycles. The van der Waals surface area contributed by atoms with Crippen LogP contribution in [-0.2, 0) is 0 Å². The highest BCUT2D eigenvalue weighted by atomic mass is 16.4. The highest BCUT2D eigenvalue weighted by molar-refractivity contribution is 5.94. The molecule has 0 saturated carbocycles. The molecule has 4 heteroatoms. The summed E-state index contributed by atoms with van der Waals surface area (Å²) < 4.78 is 0. The highest BCUT2D eigenvalue weighted by Gasteiger charge is 2.12. The first-order valence-corrected chi connectivity index (χ1v) is 6.14. The van der Waals surface area contributed by atoms with E-state index >= 15 is 0 Å². The summed E-state index contributed by atoms with van der Waals surface area (Å²) in [6, 6.07) is 11.0. The third-order valence-corrected chi connectivity index (χ3v) is 2.87. The van der Waals surface area contributed by atoms with E-state index in [1.54, 1.807) is 12.3 Å². The van der Waals surface area contributed by atoms with Crippen molar-refractivity contribution in [3.05, 3.63) is 53.7 Å². The van der Waals surface area contributed by atoms with E-state index in [4.69, 9.17) is 5.11 Å². The van der Waals surface area contributed by atoms with Crippen LogP contribution in [0.15, 0.2) is 42.6 Å². The largest absolute Gasteiger partial charge is 0.478 e. The lowest BCUT2D eigenvalue weighted by Crippen LogP contribution is -2.06. The minimum absolute atomic E-state index is 0.168. The second-order valence-electron chi connectivity index (χ2n) is 4.57. The topological polar surface area (TPSA) is 62.2 Å². The van der Waals surface area contributed by atoms with Gasteiger partial charge in [-0.15, -0.1) is 0 Å². The first-order valence-electron chi connectivity index (χ1n) is 6.14. The Morgan fingerprint density at radius 2 is 1.95 bits per heavy atom. The zero-order chi connectivity index (χ0) is 13.8. The number of para-hydroxylation sites is 1. The number of pyridine rings is 1. The molecule has 2 aromatic rings. The molecule has 0 bridgehead atoms. The normalized spacial score (nSPS) is 10.5. The molecule has 0 aliphatic carbocycles. The minimum Gasteiger partial charge on any atom is -0.478 e. The van der Waals surface area contributed by atoms with Gasteiger partial charge in [0.1, 0.15) is 11.4 Å². The highest BCUT2D eigenvalue weighted by Crippen LogP contribution is 2.27. The third kappa shape index (κ3) is 2.91. The molecule has 1 aromatic carbocycles. The monoisotopic (exact) mass is 256 g/mol. The van der Waals surface area contributed by atoms with Crippen molar-refractivity contribution in [3.8, 4) is 0 Å². The van der Waals surface area contributed by atoms with E-state index in [2.05, 4.69) is 24.1 Å². The molecule has 0 atom stereocenters. The van der Waals surface area contributed by atoms with Gasteiger partial charge in [0.2, 0.25) is 0 Å². The molecule has 1 heterocycles. The maximum absolute atomic E-state index is 11.2. The summed E-state index contributed by atoms with van der Waals surface area (Å²) in [5, 5.41) is 12.3. The van der Waals surface area contributed by atoms with E-state index in [1.807, 2.05) is 24.3 Å². The maximum atomic E-state index is 11.2. The van der Waals surface area contributed by atoms with Crippen LogP contribution in [0.2, 0.25) is 0 Å². The van der Waals surface area contributed by atoms with Gasteiger partial charge in [-0.3, -0.25) is 0 Å². The van der Waals surface area contributed by atoms with Crippen LogP contribution in [0.4, 0.5) is 11.5 Å². The Morgan fingerprint density at radius 1 is 1.21 bits per heavy atom. The summed E-state index contributed by atoms with van der Waals surface area (Å²) >= 11 is 0. The summed E-state index contributed by atoms with van der Waals surface area (Å²) in [6.07, 6.45) is 1.58. The number of rotatable bonds is 4. The third-order valence-electron chi connectivity index (χ3n) is 2.87. The minimum atomic E-state index is -0.988. The molecule has 0 amide bonds. The Kier molecular flexibility index (Phi) is 3.80. The molecule has 98 valence electrons. The second kappa shape index (κ2) is 5.52. The number of aromatic carboxylic acids is 1. The molecule has 0 radical (unpaired) electrons. The van der Waals surface area contributed by atoms with Crippen LogP contribution >= 0.6 is 0 Å². The molecule has 2 rings (SSSR count). The molecule has 1 aromatic heterocycles. The lowest BCUT2D eigenvalue weighted by Gasteiger charge is -2.15. The fourth-order valence-corrected chi connectivity index (χ4v) is 1.92. The van der Waals surface area contributed by atoms with Gasteiger partial charge in [-0.05, 0) is 29.7 Å². The average molecular weight is 256 g/mol. The molecule has 0 spiro atoms. The predicted octanol–water partition coefficient (Wildman–Crippen LogP) is 3.65. The van der Waals surface area contributed by atoms with Crippen LogP contribution < -0.4 is 5.32 Å². The lowest BCUT2D eigenvalue weighted by atomic mass is 10.0. The number of carboxylic acid groups (broad SMARTS) is 1. The van der Waals surface area contributed by atoms with Crippen LogP contribution in [0, 0.1) is 0 Å². The van der Waals surface area contributed by atoms with Crippen LogP contribution in [0.25, 0.3) is 0 Å². The summed E-state index contributed by atoms with van der Waals surface area (Å²) in [5.74, 6) is -0.276. The van der Waals surface area contributed by atoms with Gasteiger partial charge in [0.15, 0.2) is 0 Å². The number of nitrogens with one attached hydrogen (secondary N) is 1. The van der Waals surface area contributed by atoms with Crippen molar-refractivity contribution in [2.45, 2.75) is 19.8 Å². The van der Waals surface area contributed by atoms with Crippen LogP contribution in [0.1, 0.15) is 35.7 Å². The van der Waals surface area contributed by atoms with E-state index < -0.39 is 5.97 Å². The smallest absolute Gasteiger partial charge is 0.339 e. The van der Waals surface area contributed by atoms with Gasteiger partial charge in [0.05, 0.1) is 0 Å². The molecule has 0 aliphatic heterocycles. The van der Waals surface area contributed by atoms with Gasteiger partial charge in [0, 0.05) is 11.9 Å². The zero-order valence-corrected chi connectivity index (χ0v) is 10.9. The van der Waals surface area contributed by atoms with Crippen LogP contribution in [-0.4, -0.2) is 16.1 Å². The Balaban J connectivity index is 2.39. The number of hydrogen-bond acceptors (Lipinski definition) is 3. The number of carboxylic acids is 1. The molecular formula is C15H16N2O2. The molecule has 4 nitrogen and oxygen atoms in total. The molecule has 0 unspecified atom stereocenters. The first kappa shape index (κ1) is 13.1. The molecule has 19 heavy (non-hydrogen) atoms. The van der Waals surface area contributed by atoms with Crippen molar-refractivity contribution in [1.29, 1.82) is 0 Å². The number of aromatic nitrogens is 1. The van der Waals surface area contributed by atoms with Gasteiger partial charge in [0.25, 0.3) is 0 Å². The molecular weight excluding hydrogens is 240 g/mol. The number of anilines is 2. The van der Waals surface area contributed by atoms with Crippen molar-refractivity contribution in [2.24, 2.45) is 0 Å². The van der Waals surface area contributed by atoms with Crippen molar-refractivity contribution < 1.29 is 9.90 Å². The predicted molar refractivity (Wildman–Crippen MR) is 75.0 cm³/mol. The number of carbonyl (C=O) groups is 1. The van der Waals surface area contributed by atoms with Gasteiger partial charge in [-0.25, -0.2) is 9.78 Å². The van der Waals surface area contributed by atoms with E-state index in [1.165, 1.54) is 6.07 Å². The van der Waals surface area contributed by atoms with Gasteiger partial charge in [-0.1, -0.05) is 32.0 Å². The standard InChI is InChI=1S/C15H16N2O2/c1-10(2)11-6-3-4-8-13(11)17-14-12(15(18)19)7-5-9-16-14/h3-10H,1-2H3,(H,16,17)(H,18,19). The molecule has 0 fully saturated rings. The van der Waals surface area contributed by atoms with Gasteiger partial charge in [-0.2, -0.15) is 0 Å². The van der Waals surface area contributed by atoms with E-state index in [-0.39, 0.29) is 5.56 Å². The van der Waals surface area contributed by atoms with Crippen molar-refractivity contribution in [3.63, 3.8) is 0 Å². The number of hydrogen-bond donors (Lipinski definition) is 2. The van der Waals surface area contributed by atoms with E-state index in [0.29, 0.717) is 11.7 Å². The van der Waals surface area contributed by atoms with Crippen molar-refractivity contribution in [1.82, 2.24) is 4.98 Å². The Morgan fingerprint density at radius 3 is 2.63 bits per heavy atom. The van der Waals surface area contributed by atoms with Crippen LogP contribution in [0.5, 0.6) is 0 Å². The summed E-state index contributed by atoms with van der Waals surface area (Å²) in [4.78, 5) is 15.3. The average Bonchev–Trinajstić information content (AvgIpc) is 2.39. The first-order chi connectivity index (χ1) is 9.09. The molecule has 0 aliphatic rings. The second-order valence-corrected chi connectivity index (χ2v) is 4.57. The van der Waals surface area contributed by atoms with Crippen molar-refractivity contribution in [2.75, 3.05) is 5.32 Å².